The summed E-state index contributed by atoms with van der Waals surface area (Å²) in [6.07, 6.45) is 2.88. The number of H-pyrrole nitrogens is 1. The predicted octanol–water partition coefficient (Wildman–Crippen LogP) is 2.74. The summed E-state index contributed by atoms with van der Waals surface area (Å²) >= 11 is 3.47. The van der Waals surface area contributed by atoms with Gasteiger partial charge in [0.15, 0.2) is 0 Å². The van der Waals surface area contributed by atoms with Crippen molar-refractivity contribution in [1.29, 1.82) is 0 Å². The zero-order valence-corrected chi connectivity index (χ0v) is 8.43. The molecule has 0 bridgehead atoms. The van der Waals surface area contributed by atoms with Gasteiger partial charge in [0.1, 0.15) is 0 Å². The third-order valence-corrected chi connectivity index (χ3v) is 2.94. The zero-order valence-electron chi connectivity index (χ0n) is 6.84. The van der Waals surface area contributed by atoms with E-state index in [1.807, 2.05) is 6.20 Å². The van der Waals surface area contributed by atoms with Crippen LogP contribution < -0.4 is 0 Å². The van der Waals surface area contributed by atoms with Gasteiger partial charge in [0.25, 0.3) is 0 Å². The number of aromatic nitrogens is 2. The highest BCUT2D eigenvalue weighted by Gasteiger charge is 2.19. The molecule has 0 aliphatic heterocycles. The topological polar surface area (TPSA) is 28.7 Å². The first-order valence-electron chi connectivity index (χ1n) is 4.15. The van der Waals surface area contributed by atoms with Gasteiger partial charge in [0, 0.05) is 22.2 Å². The summed E-state index contributed by atoms with van der Waals surface area (Å²) in [5, 5.41) is 7.05. The fourth-order valence-corrected chi connectivity index (χ4v) is 2.18. The lowest BCUT2D eigenvalue weighted by Crippen LogP contribution is -1.82. The van der Waals surface area contributed by atoms with Crippen LogP contribution in [-0.2, 0) is 6.42 Å². The van der Waals surface area contributed by atoms with Gasteiger partial charge in [-0.05, 0) is 23.3 Å². The van der Waals surface area contributed by atoms with Crippen LogP contribution in [-0.4, -0.2) is 10.2 Å². The van der Waals surface area contributed by atoms with Gasteiger partial charge >= 0.3 is 0 Å². The second kappa shape index (κ2) is 2.45. The third-order valence-electron chi connectivity index (χ3n) is 2.45. The van der Waals surface area contributed by atoms with E-state index >= 15 is 0 Å². The maximum atomic E-state index is 4.03. The van der Waals surface area contributed by atoms with Crippen molar-refractivity contribution in [2.75, 3.05) is 0 Å². The average molecular weight is 235 g/mol. The molecule has 2 nitrogen and oxygen atoms in total. The highest BCUT2D eigenvalue weighted by Crippen LogP contribution is 2.36. The standard InChI is InChI=1S/C10H7BrN2/c11-7-2-1-6-3-10-9(5-12-13-10)8(6)4-7/h1-2,4-5H,3H2,(H,12,13). The summed E-state index contributed by atoms with van der Waals surface area (Å²) in [5.74, 6) is 0. The highest BCUT2D eigenvalue weighted by molar-refractivity contribution is 9.10. The molecule has 13 heavy (non-hydrogen) atoms. The molecule has 3 rings (SSSR count). The smallest absolute Gasteiger partial charge is 0.0568 e. The maximum Gasteiger partial charge on any atom is 0.0568 e. The molecule has 0 atom stereocenters. The molecule has 0 amide bonds. The number of nitrogens with zero attached hydrogens (tertiary/aromatic N) is 1. The maximum absolute atomic E-state index is 4.03. The Kier molecular flexibility index (Phi) is 1.38. The predicted molar refractivity (Wildman–Crippen MR) is 54.5 cm³/mol. The minimum atomic E-state index is 0.984. The van der Waals surface area contributed by atoms with E-state index in [1.165, 1.54) is 22.4 Å². The molecule has 0 saturated carbocycles. The van der Waals surface area contributed by atoms with Gasteiger partial charge in [-0.25, -0.2) is 0 Å². The summed E-state index contributed by atoms with van der Waals surface area (Å²) in [5.41, 5.74) is 5.16. The van der Waals surface area contributed by atoms with E-state index in [4.69, 9.17) is 0 Å². The highest BCUT2D eigenvalue weighted by atomic mass is 79.9. The summed E-state index contributed by atoms with van der Waals surface area (Å²) in [4.78, 5) is 0. The van der Waals surface area contributed by atoms with Crippen LogP contribution in [0, 0.1) is 0 Å². The lowest BCUT2D eigenvalue weighted by molar-refractivity contribution is 1.01. The number of hydrogen-bond acceptors (Lipinski definition) is 1. The molecule has 2 aromatic rings. The number of benzene rings is 1. The minimum Gasteiger partial charge on any atom is -0.282 e. The lowest BCUT2D eigenvalue weighted by Gasteiger charge is -1.98. The Bertz CT molecular complexity index is 474. The molecule has 1 N–H and O–H groups in total. The summed E-state index contributed by atoms with van der Waals surface area (Å²) in [6.45, 7) is 0. The summed E-state index contributed by atoms with van der Waals surface area (Å²) in [7, 11) is 0. The molecule has 0 radical (unpaired) electrons. The van der Waals surface area contributed by atoms with Crippen molar-refractivity contribution in [3.8, 4) is 11.1 Å². The van der Waals surface area contributed by atoms with Gasteiger partial charge < -0.3 is 0 Å². The zero-order chi connectivity index (χ0) is 8.84. The summed E-state index contributed by atoms with van der Waals surface area (Å²) in [6, 6.07) is 6.39. The van der Waals surface area contributed by atoms with E-state index in [0.29, 0.717) is 0 Å². The second-order valence-electron chi connectivity index (χ2n) is 3.24. The van der Waals surface area contributed by atoms with Crippen molar-refractivity contribution in [1.82, 2.24) is 10.2 Å². The Morgan fingerprint density at radius 1 is 1.31 bits per heavy atom. The molecule has 3 heteroatoms. The van der Waals surface area contributed by atoms with Crippen molar-refractivity contribution in [2.24, 2.45) is 0 Å². The molecular formula is C10H7BrN2. The quantitative estimate of drug-likeness (QED) is 0.637. The fraction of sp³-hybridized carbons (Fsp3) is 0.100. The van der Waals surface area contributed by atoms with Gasteiger partial charge in [0.05, 0.1) is 6.20 Å². The van der Waals surface area contributed by atoms with Gasteiger partial charge in [-0.3, -0.25) is 5.10 Å². The van der Waals surface area contributed by atoms with Crippen LogP contribution in [0.1, 0.15) is 11.3 Å². The van der Waals surface area contributed by atoms with Crippen molar-refractivity contribution in [3.05, 3.63) is 40.1 Å². The van der Waals surface area contributed by atoms with Gasteiger partial charge in [0.2, 0.25) is 0 Å². The Labute approximate surface area is 84.1 Å². The van der Waals surface area contributed by atoms with Crippen molar-refractivity contribution in [3.63, 3.8) is 0 Å². The normalized spacial score (nSPS) is 12.7. The minimum absolute atomic E-state index is 0.984. The molecule has 0 saturated heterocycles. The number of fused-ring (bicyclic) bond motifs is 3. The van der Waals surface area contributed by atoms with Crippen molar-refractivity contribution >= 4 is 15.9 Å². The number of halogens is 1. The number of aromatic amines is 1. The van der Waals surface area contributed by atoms with Crippen LogP contribution in [0.4, 0.5) is 0 Å². The van der Waals surface area contributed by atoms with Crippen LogP contribution in [0.15, 0.2) is 28.9 Å². The SMILES string of the molecule is Brc1ccc2c(c1)-c1cn[nH]c1C2. The molecule has 1 aromatic carbocycles. The molecule has 1 aliphatic carbocycles. The van der Waals surface area contributed by atoms with E-state index in [2.05, 4.69) is 44.3 Å². The van der Waals surface area contributed by atoms with Crippen molar-refractivity contribution in [2.45, 2.75) is 6.42 Å². The van der Waals surface area contributed by atoms with E-state index in [9.17, 15) is 0 Å². The van der Waals surface area contributed by atoms with Crippen LogP contribution in [0.5, 0.6) is 0 Å². The van der Waals surface area contributed by atoms with Crippen LogP contribution in [0.25, 0.3) is 11.1 Å². The Morgan fingerprint density at radius 3 is 3.15 bits per heavy atom. The Morgan fingerprint density at radius 2 is 2.23 bits per heavy atom. The molecule has 1 aliphatic rings. The van der Waals surface area contributed by atoms with E-state index < -0.39 is 0 Å². The van der Waals surface area contributed by atoms with Crippen LogP contribution in [0.2, 0.25) is 0 Å². The monoisotopic (exact) mass is 234 g/mol. The first kappa shape index (κ1) is 7.33. The number of nitrogens with one attached hydrogen (secondary N) is 1. The fourth-order valence-electron chi connectivity index (χ4n) is 1.82. The molecule has 0 spiro atoms. The second-order valence-corrected chi connectivity index (χ2v) is 4.16. The van der Waals surface area contributed by atoms with E-state index in [1.54, 1.807) is 0 Å². The van der Waals surface area contributed by atoms with Gasteiger partial charge in [-0.1, -0.05) is 22.0 Å². The number of hydrogen-bond donors (Lipinski definition) is 1. The van der Waals surface area contributed by atoms with Gasteiger partial charge in [-0.2, -0.15) is 5.10 Å². The molecule has 0 fully saturated rings. The number of rotatable bonds is 0. The Hall–Kier alpha value is -1.09. The third kappa shape index (κ3) is 0.968. The Balaban J connectivity index is 2.31. The van der Waals surface area contributed by atoms with Crippen LogP contribution in [0.3, 0.4) is 0 Å². The van der Waals surface area contributed by atoms with Crippen molar-refractivity contribution < 1.29 is 0 Å². The first-order chi connectivity index (χ1) is 6.34. The summed E-state index contributed by atoms with van der Waals surface area (Å²) < 4.78 is 1.13. The van der Waals surface area contributed by atoms with Gasteiger partial charge in [-0.15, -0.1) is 0 Å². The first-order valence-corrected chi connectivity index (χ1v) is 4.95. The average Bonchev–Trinajstić information content (AvgIpc) is 2.64. The molecule has 1 aromatic heterocycles. The van der Waals surface area contributed by atoms with E-state index in [0.717, 1.165) is 10.9 Å². The van der Waals surface area contributed by atoms with E-state index in [-0.39, 0.29) is 0 Å². The lowest BCUT2D eigenvalue weighted by atomic mass is 10.1. The molecule has 64 valence electrons. The van der Waals surface area contributed by atoms with Crippen LogP contribution >= 0.6 is 15.9 Å². The molecular weight excluding hydrogens is 228 g/mol. The molecule has 0 unspecified atom stereocenters. The molecule has 1 heterocycles. The largest absolute Gasteiger partial charge is 0.282 e.